The van der Waals surface area contributed by atoms with E-state index in [1.165, 1.54) is 0 Å². The Balaban J connectivity index is 1.81. The fraction of sp³-hybridized carbons (Fsp3) is 0.438. The maximum Gasteiger partial charge on any atom is 0.270 e. The molecule has 1 aromatic heterocycles. The number of piperidine rings is 1. The maximum atomic E-state index is 12.6. The van der Waals surface area contributed by atoms with Gasteiger partial charge in [-0.05, 0) is 24.5 Å². The molecule has 4 nitrogen and oxygen atoms in total. The number of nitrogens with two attached hydrogens (primary N) is 1. The van der Waals surface area contributed by atoms with Gasteiger partial charge in [-0.15, -0.1) is 0 Å². The van der Waals surface area contributed by atoms with Crippen LogP contribution >= 0.6 is 0 Å². The molecule has 1 saturated heterocycles. The van der Waals surface area contributed by atoms with Crippen LogP contribution in [0.1, 0.15) is 30.3 Å². The van der Waals surface area contributed by atoms with Crippen molar-refractivity contribution in [2.45, 2.75) is 25.8 Å². The van der Waals surface area contributed by atoms with Crippen LogP contribution in [0.4, 0.5) is 0 Å². The predicted octanol–water partition coefficient (Wildman–Crippen LogP) is 2.37. The van der Waals surface area contributed by atoms with Gasteiger partial charge in [0.1, 0.15) is 5.69 Å². The number of hydrogen-bond donors (Lipinski definition) is 2. The zero-order chi connectivity index (χ0) is 14.1. The molecule has 4 heteroatoms. The average Bonchev–Trinajstić information content (AvgIpc) is 2.91. The third kappa shape index (κ3) is 2.31. The molecule has 1 aliphatic heterocycles. The van der Waals surface area contributed by atoms with Crippen LogP contribution < -0.4 is 5.73 Å². The topological polar surface area (TPSA) is 62.1 Å². The second-order valence-corrected chi connectivity index (χ2v) is 5.64. The SMILES string of the molecule is CCC1CN(C(=O)c2cc3ccccc3[nH]2)CCC1N. The minimum absolute atomic E-state index is 0.0894. The van der Waals surface area contributed by atoms with E-state index in [0.29, 0.717) is 11.6 Å². The molecule has 2 unspecified atom stereocenters. The number of amides is 1. The summed E-state index contributed by atoms with van der Waals surface area (Å²) in [6, 6.07) is 10.1. The van der Waals surface area contributed by atoms with E-state index in [9.17, 15) is 4.79 Å². The highest BCUT2D eigenvalue weighted by molar-refractivity contribution is 5.98. The van der Waals surface area contributed by atoms with Crippen LogP contribution in [0, 0.1) is 5.92 Å². The van der Waals surface area contributed by atoms with Crippen LogP contribution in [0.3, 0.4) is 0 Å². The normalized spacial score (nSPS) is 23.2. The second-order valence-electron chi connectivity index (χ2n) is 5.64. The Morgan fingerprint density at radius 1 is 1.45 bits per heavy atom. The highest BCUT2D eigenvalue weighted by atomic mass is 16.2. The molecular weight excluding hydrogens is 250 g/mol. The Bertz CT molecular complexity index is 586. The van der Waals surface area contributed by atoms with Crippen LogP contribution in [0.2, 0.25) is 0 Å². The summed E-state index contributed by atoms with van der Waals surface area (Å²) in [6.45, 7) is 3.67. The maximum absolute atomic E-state index is 12.6. The van der Waals surface area contributed by atoms with Gasteiger partial charge in [0.2, 0.25) is 0 Å². The number of rotatable bonds is 2. The standard InChI is InChI=1S/C16H21N3O/c1-2-11-10-19(8-7-13(11)17)16(20)15-9-12-5-3-4-6-14(12)18-15/h3-6,9,11,13,18H,2,7-8,10,17H2,1H3. The molecule has 2 atom stereocenters. The number of carbonyl (C=O) groups excluding carboxylic acids is 1. The van der Waals surface area contributed by atoms with Crippen molar-refractivity contribution in [2.75, 3.05) is 13.1 Å². The summed E-state index contributed by atoms with van der Waals surface area (Å²) in [6.07, 6.45) is 1.92. The first kappa shape index (κ1) is 13.2. The van der Waals surface area contributed by atoms with Gasteiger partial charge in [0.25, 0.3) is 5.91 Å². The molecule has 2 aromatic rings. The lowest BCUT2D eigenvalue weighted by atomic mass is 9.90. The van der Waals surface area contributed by atoms with Crippen LogP contribution in [0.15, 0.2) is 30.3 Å². The molecule has 106 valence electrons. The lowest BCUT2D eigenvalue weighted by molar-refractivity contribution is 0.0644. The Labute approximate surface area is 118 Å². The molecule has 0 aliphatic carbocycles. The van der Waals surface area contributed by atoms with Crippen molar-refractivity contribution in [2.24, 2.45) is 11.7 Å². The molecular formula is C16H21N3O. The summed E-state index contributed by atoms with van der Waals surface area (Å²) in [5, 5.41) is 1.08. The molecule has 0 spiro atoms. The van der Waals surface area contributed by atoms with Crippen molar-refractivity contribution in [3.05, 3.63) is 36.0 Å². The first-order valence-corrected chi connectivity index (χ1v) is 7.31. The largest absolute Gasteiger partial charge is 0.351 e. The lowest BCUT2D eigenvalue weighted by Gasteiger charge is -2.36. The first-order chi connectivity index (χ1) is 9.69. The number of likely N-dealkylation sites (tertiary alicyclic amines) is 1. The van der Waals surface area contributed by atoms with E-state index >= 15 is 0 Å². The van der Waals surface area contributed by atoms with Crippen LogP contribution in [-0.2, 0) is 0 Å². The number of carbonyl (C=O) groups is 1. The van der Waals surface area contributed by atoms with E-state index in [-0.39, 0.29) is 11.9 Å². The highest BCUT2D eigenvalue weighted by Gasteiger charge is 2.29. The molecule has 3 rings (SSSR count). The van der Waals surface area contributed by atoms with Crippen molar-refractivity contribution in [3.8, 4) is 0 Å². The summed E-state index contributed by atoms with van der Waals surface area (Å²) >= 11 is 0. The van der Waals surface area contributed by atoms with Crippen molar-refractivity contribution >= 4 is 16.8 Å². The number of nitrogens with one attached hydrogen (secondary N) is 1. The van der Waals surface area contributed by atoms with Crippen LogP contribution in [-0.4, -0.2) is 34.9 Å². The fourth-order valence-electron chi connectivity index (χ4n) is 3.03. The van der Waals surface area contributed by atoms with Crippen LogP contribution in [0.5, 0.6) is 0 Å². The van der Waals surface area contributed by atoms with Crippen molar-refractivity contribution in [3.63, 3.8) is 0 Å². The number of aromatic amines is 1. The zero-order valence-corrected chi connectivity index (χ0v) is 11.8. The molecule has 20 heavy (non-hydrogen) atoms. The third-order valence-electron chi connectivity index (χ3n) is 4.36. The fourth-order valence-corrected chi connectivity index (χ4v) is 3.03. The van der Waals surface area contributed by atoms with Gasteiger partial charge in [0, 0.05) is 30.0 Å². The number of para-hydroxylation sites is 1. The van der Waals surface area contributed by atoms with Gasteiger partial charge in [0.05, 0.1) is 0 Å². The molecule has 0 bridgehead atoms. The zero-order valence-electron chi connectivity index (χ0n) is 11.8. The molecule has 1 amide bonds. The molecule has 1 aromatic carbocycles. The van der Waals surface area contributed by atoms with E-state index in [1.54, 1.807) is 0 Å². The Morgan fingerprint density at radius 3 is 3.00 bits per heavy atom. The Morgan fingerprint density at radius 2 is 2.25 bits per heavy atom. The van der Waals surface area contributed by atoms with Crippen molar-refractivity contribution in [1.82, 2.24) is 9.88 Å². The monoisotopic (exact) mass is 271 g/mol. The Hall–Kier alpha value is -1.81. The quantitative estimate of drug-likeness (QED) is 0.881. The number of fused-ring (bicyclic) bond motifs is 1. The summed E-state index contributed by atoms with van der Waals surface area (Å²) in [5.74, 6) is 0.503. The lowest BCUT2D eigenvalue weighted by Crippen LogP contribution is -2.49. The van der Waals surface area contributed by atoms with Crippen molar-refractivity contribution < 1.29 is 4.79 Å². The molecule has 0 radical (unpaired) electrons. The van der Waals surface area contributed by atoms with Gasteiger partial charge in [0.15, 0.2) is 0 Å². The van der Waals surface area contributed by atoms with Gasteiger partial charge < -0.3 is 15.6 Å². The van der Waals surface area contributed by atoms with Crippen molar-refractivity contribution in [1.29, 1.82) is 0 Å². The third-order valence-corrected chi connectivity index (χ3v) is 4.36. The summed E-state index contributed by atoms with van der Waals surface area (Å²) in [4.78, 5) is 17.7. The number of hydrogen-bond acceptors (Lipinski definition) is 2. The molecule has 0 saturated carbocycles. The van der Waals surface area contributed by atoms with Gasteiger partial charge in [-0.2, -0.15) is 0 Å². The second kappa shape index (κ2) is 5.29. The smallest absolute Gasteiger partial charge is 0.270 e. The molecule has 3 N–H and O–H groups in total. The minimum Gasteiger partial charge on any atom is -0.351 e. The summed E-state index contributed by atoms with van der Waals surface area (Å²) < 4.78 is 0. The molecule has 1 aliphatic rings. The van der Waals surface area contributed by atoms with Gasteiger partial charge >= 0.3 is 0 Å². The van der Waals surface area contributed by atoms with Gasteiger partial charge in [-0.1, -0.05) is 31.5 Å². The minimum atomic E-state index is 0.0894. The molecule has 2 heterocycles. The summed E-state index contributed by atoms with van der Waals surface area (Å²) in [5.41, 5.74) is 7.79. The Kier molecular flexibility index (Phi) is 3.49. The molecule has 1 fully saturated rings. The van der Waals surface area contributed by atoms with Crippen LogP contribution in [0.25, 0.3) is 10.9 Å². The van der Waals surface area contributed by atoms with Gasteiger partial charge in [-0.3, -0.25) is 4.79 Å². The van der Waals surface area contributed by atoms with E-state index in [0.717, 1.165) is 36.8 Å². The average molecular weight is 271 g/mol. The highest BCUT2D eigenvalue weighted by Crippen LogP contribution is 2.22. The van der Waals surface area contributed by atoms with E-state index in [2.05, 4.69) is 11.9 Å². The van der Waals surface area contributed by atoms with E-state index in [4.69, 9.17) is 5.73 Å². The van der Waals surface area contributed by atoms with Gasteiger partial charge in [-0.25, -0.2) is 0 Å². The predicted molar refractivity (Wildman–Crippen MR) is 80.6 cm³/mol. The number of nitrogens with zero attached hydrogens (tertiary/aromatic N) is 1. The number of benzene rings is 1. The van der Waals surface area contributed by atoms with E-state index in [1.807, 2.05) is 35.2 Å². The summed E-state index contributed by atoms with van der Waals surface area (Å²) in [7, 11) is 0. The number of H-pyrrole nitrogens is 1. The number of aromatic nitrogens is 1. The van der Waals surface area contributed by atoms with E-state index < -0.39 is 0 Å². The first-order valence-electron chi connectivity index (χ1n) is 7.31.